The van der Waals surface area contributed by atoms with Gasteiger partial charge in [0.05, 0.1) is 5.41 Å². The zero-order chi connectivity index (χ0) is 23.7. The van der Waals surface area contributed by atoms with Gasteiger partial charge in [-0.25, -0.2) is 4.79 Å². The van der Waals surface area contributed by atoms with Crippen molar-refractivity contribution in [3.05, 3.63) is 83.6 Å². The van der Waals surface area contributed by atoms with Crippen LogP contribution in [0.15, 0.2) is 72.5 Å². The number of carbonyl (C=O) groups is 1. The summed E-state index contributed by atoms with van der Waals surface area (Å²) in [4.78, 5) is 17.0. The average molecular weight is 438 g/mol. The van der Waals surface area contributed by atoms with E-state index in [2.05, 4.69) is 55.5 Å². The molecule has 2 aromatic carbocycles. The molecule has 0 radical (unpaired) electrons. The molecule has 1 amide bonds. The molecule has 0 spiro atoms. The van der Waals surface area contributed by atoms with Gasteiger partial charge in [-0.3, -0.25) is 0 Å². The van der Waals surface area contributed by atoms with E-state index in [4.69, 9.17) is 4.74 Å². The highest BCUT2D eigenvalue weighted by molar-refractivity contribution is 5.70. The number of nitrogens with one attached hydrogen (secondary N) is 1. The molecule has 1 N–H and O–H groups in total. The van der Waals surface area contributed by atoms with Crippen molar-refractivity contribution >= 4 is 6.09 Å². The van der Waals surface area contributed by atoms with Crippen molar-refractivity contribution in [2.24, 2.45) is 0 Å². The summed E-state index contributed by atoms with van der Waals surface area (Å²) in [5.41, 5.74) is 1.60. The van der Waals surface area contributed by atoms with Crippen LogP contribution in [0.1, 0.15) is 38.3 Å². The topological polar surface area (TPSA) is 44.8 Å². The molecule has 2 unspecified atom stereocenters. The van der Waals surface area contributed by atoms with Crippen LogP contribution < -0.4 is 5.32 Å². The standard InChI is InChI=1S/C27H39N3O2/c1-8-25(32-26(31)30(7)22(3)20-28-4)27(19-21(2)29(5)6,23-15-11-9-12-16-23)24-17-13-10-14-18-24/h8-18,21-22,28H,19-20H2,1-7H3/b25-8-. The van der Waals surface area contributed by atoms with Crippen LogP contribution in [0.5, 0.6) is 0 Å². The van der Waals surface area contributed by atoms with Gasteiger partial charge in [-0.15, -0.1) is 0 Å². The molecule has 5 nitrogen and oxygen atoms in total. The SMILES string of the molecule is C/C=C(\OC(=O)N(C)C(C)CNC)C(CC(C)N(C)C)(c1ccccc1)c1ccccc1. The molecule has 32 heavy (non-hydrogen) atoms. The number of benzene rings is 2. The number of nitrogens with zero attached hydrogens (tertiary/aromatic N) is 2. The van der Waals surface area contributed by atoms with Crippen LogP contribution in [0.2, 0.25) is 0 Å². The molecule has 0 saturated heterocycles. The van der Waals surface area contributed by atoms with Gasteiger partial charge in [0.2, 0.25) is 0 Å². The predicted molar refractivity (Wildman–Crippen MR) is 133 cm³/mol. The summed E-state index contributed by atoms with van der Waals surface area (Å²) in [6, 6.07) is 21.0. The number of rotatable bonds is 10. The molecule has 0 aliphatic carbocycles. The monoisotopic (exact) mass is 437 g/mol. The molecule has 0 aromatic heterocycles. The molecular weight excluding hydrogens is 398 g/mol. The molecule has 0 heterocycles. The average Bonchev–Trinajstić information content (AvgIpc) is 2.81. The maximum Gasteiger partial charge on any atom is 0.414 e. The number of carbonyl (C=O) groups excluding carboxylic acids is 1. The lowest BCUT2D eigenvalue weighted by Gasteiger charge is -2.40. The zero-order valence-corrected chi connectivity index (χ0v) is 20.6. The van der Waals surface area contributed by atoms with Crippen molar-refractivity contribution in [1.82, 2.24) is 15.1 Å². The summed E-state index contributed by atoms with van der Waals surface area (Å²) < 4.78 is 6.19. The molecule has 0 bridgehead atoms. The fraction of sp³-hybridized carbons (Fsp3) is 0.444. The Morgan fingerprint density at radius 3 is 1.88 bits per heavy atom. The lowest BCUT2D eigenvalue weighted by molar-refractivity contribution is 0.110. The highest BCUT2D eigenvalue weighted by Gasteiger charge is 2.42. The third-order valence-corrected chi connectivity index (χ3v) is 6.35. The summed E-state index contributed by atoms with van der Waals surface area (Å²) in [5.74, 6) is 0.650. The Morgan fingerprint density at radius 1 is 0.969 bits per heavy atom. The van der Waals surface area contributed by atoms with Crippen molar-refractivity contribution in [2.75, 3.05) is 34.7 Å². The van der Waals surface area contributed by atoms with Crippen LogP contribution in [0.25, 0.3) is 0 Å². The Morgan fingerprint density at radius 2 is 1.47 bits per heavy atom. The highest BCUT2D eigenvalue weighted by Crippen LogP contribution is 2.44. The van der Waals surface area contributed by atoms with Crippen molar-refractivity contribution < 1.29 is 9.53 Å². The molecular formula is C27H39N3O2. The molecule has 2 aromatic rings. The van der Waals surface area contributed by atoms with Gasteiger partial charge in [-0.05, 0) is 65.5 Å². The fourth-order valence-electron chi connectivity index (χ4n) is 4.03. The molecule has 2 rings (SSSR count). The summed E-state index contributed by atoms with van der Waals surface area (Å²) in [6.45, 7) is 6.84. The van der Waals surface area contributed by atoms with E-state index >= 15 is 0 Å². The lowest BCUT2D eigenvalue weighted by Crippen LogP contribution is -2.44. The normalized spacial score (nSPS) is 14.2. The molecule has 174 valence electrons. The van der Waals surface area contributed by atoms with Crippen LogP contribution in [0, 0.1) is 0 Å². The van der Waals surface area contributed by atoms with Crippen molar-refractivity contribution in [3.8, 4) is 0 Å². The lowest BCUT2D eigenvalue weighted by atomic mass is 9.68. The van der Waals surface area contributed by atoms with Crippen LogP contribution in [-0.4, -0.2) is 62.7 Å². The maximum atomic E-state index is 13.2. The van der Waals surface area contributed by atoms with Gasteiger partial charge in [0.1, 0.15) is 5.76 Å². The van der Waals surface area contributed by atoms with Gasteiger partial charge < -0.3 is 19.9 Å². The van der Waals surface area contributed by atoms with E-state index in [0.717, 1.165) is 17.5 Å². The minimum atomic E-state index is -0.607. The van der Waals surface area contributed by atoms with E-state index in [-0.39, 0.29) is 18.2 Å². The first-order valence-electron chi connectivity index (χ1n) is 11.3. The van der Waals surface area contributed by atoms with Gasteiger partial charge >= 0.3 is 6.09 Å². The number of likely N-dealkylation sites (N-methyl/N-ethyl adjacent to an activating group) is 2. The fourth-order valence-corrected chi connectivity index (χ4v) is 4.03. The number of amides is 1. The van der Waals surface area contributed by atoms with Gasteiger partial charge in [0.15, 0.2) is 0 Å². The number of ether oxygens (including phenoxy) is 1. The third kappa shape index (κ3) is 5.78. The van der Waals surface area contributed by atoms with Gasteiger partial charge in [0, 0.05) is 25.7 Å². The second-order valence-electron chi connectivity index (χ2n) is 8.69. The first-order chi connectivity index (χ1) is 15.3. The minimum absolute atomic E-state index is 0.00848. The van der Waals surface area contributed by atoms with E-state index in [0.29, 0.717) is 12.3 Å². The third-order valence-electron chi connectivity index (χ3n) is 6.35. The Kier molecular flexibility index (Phi) is 9.48. The van der Waals surface area contributed by atoms with E-state index in [1.54, 1.807) is 11.9 Å². The Balaban J connectivity index is 2.63. The summed E-state index contributed by atoms with van der Waals surface area (Å²) in [6.07, 6.45) is 2.35. The first-order valence-corrected chi connectivity index (χ1v) is 11.3. The first kappa shape index (κ1) is 25.6. The summed E-state index contributed by atoms with van der Waals surface area (Å²) >= 11 is 0. The van der Waals surface area contributed by atoms with E-state index in [1.165, 1.54) is 0 Å². The molecule has 0 aliphatic heterocycles. The number of allylic oxidation sites excluding steroid dienone is 2. The second-order valence-corrected chi connectivity index (χ2v) is 8.69. The van der Waals surface area contributed by atoms with Gasteiger partial charge in [-0.1, -0.05) is 60.7 Å². The van der Waals surface area contributed by atoms with Crippen LogP contribution >= 0.6 is 0 Å². The minimum Gasteiger partial charge on any atom is -0.414 e. The van der Waals surface area contributed by atoms with E-state index in [9.17, 15) is 4.79 Å². The largest absolute Gasteiger partial charge is 0.414 e. The van der Waals surface area contributed by atoms with Crippen molar-refractivity contribution in [1.29, 1.82) is 0 Å². The smallest absolute Gasteiger partial charge is 0.414 e. The second kappa shape index (κ2) is 11.8. The molecule has 0 aliphatic rings. The highest BCUT2D eigenvalue weighted by atomic mass is 16.6. The Labute approximate surface area is 194 Å². The summed E-state index contributed by atoms with van der Waals surface area (Å²) in [7, 11) is 7.83. The van der Waals surface area contributed by atoms with E-state index < -0.39 is 5.41 Å². The van der Waals surface area contributed by atoms with E-state index in [1.807, 2.05) is 63.4 Å². The number of hydrogen-bond donors (Lipinski definition) is 1. The maximum absolute atomic E-state index is 13.2. The van der Waals surface area contributed by atoms with Crippen LogP contribution in [-0.2, 0) is 10.2 Å². The molecule has 2 atom stereocenters. The molecule has 0 saturated carbocycles. The predicted octanol–water partition coefficient (Wildman–Crippen LogP) is 4.89. The van der Waals surface area contributed by atoms with Crippen LogP contribution in [0.3, 0.4) is 0 Å². The Bertz CT molecular complexity index is 825. The quantitative estimate of drug-likeness (QED) is 0.538. The van der Waals surface area contributed by atoms with Crippen LogP contribution in [0.4, 0.5) is 4.79 Å². The molecule has 5 heteroatoms. The molecule has 0 fully saturated rings. The van der Waals surface area contributed by atoms with Gasteiger partial charge in [-0.2, -0.15) is 0 Å². The van der Waals surface area contributed by atoms with Gasteiger partial charge in [0.25, 0.3) is 0 Å². The number of hydrogen-bond acceptors (Lipinski definition) is 4. The zero-order valence-electron chi connectivity index (χ0n) is 20.6. The van der Waals surface area contributed by atoms with Crippen molar-refractivity contribution in [3.63, 3.8) is 0 Å². The van der Waals surface area contributed by atoms with Crippen molar-refractivity contribution in [2.45, 2.75) is 44.7 Å². The summed E-state index contributed by atoms with van der Waals surface area (Å²) in [5, 5.41) is 3.12. The Hall–Kier alpha value is -2.63.